The van der Waals surface area contributed by atoms with Gasteiger partial charge >= 0.3 is 12.1 Å². The van der Waals surface area contributed by atoms with E-state index in [1.807, 2.05) is 13.8 Å². The summed E-state index contributed by atoms with van der Waals surface area (Å²) >= 11 is 0. The highest BCUT2D eigenvalue weighted by Gasteiger charge is 2.27. The SMILES string of the molecule is CCOCC(COC(=O)CC(C)N1CC1)OC(=O)NCCC(C)N1CC1. The number of nitrogens with one attached hydrogen (secondary N) is 1. The Kier molecular flexibility index (Phi) is 8.61. The molecule has 1 N–H and O–H groups in total. The fourth-order valence-electron chi connectivity index (χ4n) is 2.74. The van der Waals surface area contributed by atoms with Crippen molar-refractivity contribution in [2.24, 2.45) is 0 Å². The molecule has 0 aromatic rings. The number of esters is 1. The van der Waals surface area contributed by atoms with E-state index in [2.05, 4.69) is 22.0 Å². The molecular weight excluding hydrogens is 338 g/mol. The summed E-state index contributed by atoms with van der Waals surface area (Å²) in [6.45, 7) is 11.7. The van der Waals surface area contributed by atoms with Crippen LogP contribution in [0.3, 0.4) is 0 Å². The Morgan fingerprint density at radius 1 is 1.04 bits per heavy atom. The van der Waals surface area contributed by atoms with Crippen molar-refractivity contribution in [3.05, 3.63) is 0 Å². The van der Waals surface area contributed by atoms with Crippen molar-refractivity contribution in [1.29, 1.82) is 0 Å². The second kappa shape index (κ2) is 10.7. The standard InChI is InChI=1S/C18H33N3O5/c1-4-24-12-16(13-25-17(22)11-15(3)21-9-10-21)26-18(23)19-6-5-14(2)20-7-8-20/h14-16H,4-13H2,1-3H3,(H,19,23). The molecule has 8 nitrogen and oxygen atoms in total. The molecule has 0 saturated carbocycles. The van der Waals surface area contributed by atoms with Gasteiger partial charge in [0.05, 0.1) is 13.0 Å². The van der Waals surface area contributed by atoms with Crippen LogP contribution >= 0.6 is 0 Å². The van der Waals surface area contributed by atoms with Crippen molar-refractivity contribution in [3.63, 3.8) is 0 Å². The van der Waals surface area contributed by atoms with E-state index in [0.717, 1.165) is 32.6 Å². The molecule has 2 aliphatic rings. The molecule has 2 saturated heterocycles. The zero-order valence-corrected chi connectivity index (χ0v) is 16.2. The number of carbonyl (C=O) groups excluding carboxylic acids is 2. The largest absolute Gasteiger partial charge is 0.462 e. The summed E-state index contributed by atoms with van der Waals surface area (Å²) in [5.41, 5.74) is 0. The van der Waals surface area contributed by atoms with Crippen LogP contribution in [0.2, 0.25) is 0 Å². The van der Waals surface area contributed by atoms with Crippen molar-refractivity contribution >= 4 is 12.1 Å². The number of alkyl carbamates (subject to hydrolysis) is 1. The predicted molar refractivity (Wildman–Crippen MR) is 97.0 cm³/mol. The molecule has 0 aliphatic carbocycles. The van der Waals surface area contributed by atoms with Gasteiger partial charge in [-0.25, -0.2) is 4.79 Å². The minimum absolute atomic E-state index is 0.0170. The summed E-state index contributed by atoms with van der Waals surface area (Å²) in [6.07, 6.45) is 0.137. The summed E-state index contributed by atoms with van der Waals surface area (Å²) < 4.78 is 16.0. The molecule has 8 heteroatoms. The molecule has 2 rings (SSSR count). The lowest BCUT2D eigenvalue weighted by atomic mass is 10.2. The van der Waals surface area contributed by atoms with Crippen LogP contribution < -0.4 is 5.32 Å². The lowest BCUT2D eigenvalue weighted by Gasteiger charge is -2.19. The van der Waals surface area contributed by atoms with E-state index >= 15 is 0 Å². The molecule has 2 fully saturated rings. The normalized spacial score (nSPS) is 20.1. The summed E-state index contributed by atoms with van der Waals surface area (Å²) in [7, 11) is 0. The van der Waals surface area contributed by atoms with Crippen LogP contribution in [0.1, 0.15) is 33.6 Å². The molecule has 26 heavy (non-hydrogen) atoms. The number of hydrogen-bond acceptors (Lipinski definition) is 7. The van der Waals surface area contributed by atoms with Crippen molar-refractivity contribution in [3.8, 4) is 0 Å². The zero-order valence-electron chi connectivity index (χ0n) is 16.2. The van der Waals surface area contributed by atoms with Gasteiger partial charge in [-0.05, 0) is 27.2 Å². The summed E-state index contributed by atoms with van der Waals surface area (Å²) in [6, 6.07) is 0.668. The van der Waals surface area contributed by atoms with Crippen LogP contribution in [0.5, 0.6) is 0 Å². The van der Waals surface area contributed by atoms with Gasteiger partial charge in [0, 0.05) is 51.4 Å². The predicted octanol–water partition coefficient (Wildman–Crippen LogP) is 0.849. The van der Waals surface area contributed by atoms with Crippen LogP contribution in [-0.4, -0.2) is 92.6 Å². The topological polar surface area (TPSA) is 79.9 Å². The van der Waals surface area contributed by atoms with Gasteiger partial charge in [-0.3, -0.25) is 14.6 Å². The van der Waals surface area contributed by atoms with E-state index in [1.165, 1.54) is 0 Å². The smallest absolute Gasteiger partial charge is 0.407 e. The highest BCUT2D eigenvalue weighted by molar-refractivity contribution is 5.70. The van der Waals surface area contributed by atoms with Gasteiger partial charge < -0.3 is 19.5 Å². The van der Waals surface area contributed by atoms with Crippen LogP contribution in [-0.2, 0) is 19.0 Å². The zero-order chi connectivity index (χ0) is 18.9. The summed E-state index contributed by atoms with van der Waals surface area (Å²) in [4.78, 5) is 28.4. The van der Waals surface area contributed by atoms with Crippen LogP contribution in [0, 0.1) is 0 Å². The Morgan fingerprint density at radius 2 is 1.69 bits per heavy atom. The second-order valence-electron chi connectivity index (χ2n) is 7.06. The Morgan fingerprint density at radius 3 is 2.31 bits per heavy atom. The van der Waals surface area contributed by atoms with Crippen LogP contribution in [0.15, 0.2) is 0 Å². The highest BCUT2D eigenvalue weighted by atomic mass is 16.6. The van der Waals surface area contributed by atoms with Crippen molar-refractivity contribution in [2.75, 3.05) is 52.5 Å². The second-order valence-corrected chi connectivity index (χ2v) is 7.06. The van der Waals surface area contributed by atoms with Gasteiger partial charge in [-0.1, -0.05) is 0 Å². The number of carbonyl (C=O) groups is 2. The molecule has 0 spiro atoms. The maximum Gasteiger partial charge on any atom is 0.407 e. The third kappa shape index (κ3) is 8.33. The number of amides is 1. The Balaban J connectivity index is 1.63. The first-order chi connectivity index (χ1) is 12.5. The first-order valence-electron chi connectivity index (χ1n) is 9.65. The molecular formula is C18H33N3O5. The molecule has 2 aliphatic heterocycles. The fourth-order valence-corrected chi connectivity index (χ4v) is 2.74. The monoisotopic (exact) mass is 371 g/mol. The van der Waals surface area contributed by atoms with Gasteiger partial charge in [0.2, 0.25) is 0 Å². The maximum atomic E-state index is 12.0. The Hall–Kier alpha value is -1.38. The van der Waals surface area contributed by atoms with Gasteiger partial charge in [0.1, 0.15) is 6.61 Å². The van der Waals surface area contributed by atoms with E-state index in [0.29, 0.717) is 25.6 Å². The first-order valence-corrected chi connectivity index (χ1v) is 9.65. The molecule has 0 bridgehead atoms. The van der Waals surface area contributed by atoms with Gasteiger partial charge in [0.25, 0.3) is 0 Å². The minimum atomic E-state index is -0.597. The first kappa shape index (κ1) is 20.9. The molecule has 0 aromatic carbocycles. The van der Waals surface area contributed by atoms with E-state index in [1.54, 1.807) is 0 Å². The lowest BCUT2D eigenvalue weighted by molar-refractivity contribution is -0.148. The lowest BCUT2D eigenvalue weighted by Crippen LogP contribution is -2.36. The van der Waals surface area contributed by atoms with E-state index in [-0.39, 0.29) is 25.2 Å². The van der Waals surface area contributed by atoms with E-state index in [4.69, 9.17) is 14.2 Å². The number of hydrogen-bond donors (Lipinski definition) is 1. The molecule has 0 aromatic heterocycles. The maximum absolute atomic E-state index is 12.0. The van der Waals surface area contributed by atoms with E-state index < -0.39 is 12.2 Å². The molecule has 2 heterocycles. The molecule has 150 valence electrons. The third-order valence-electron chi connectivity index (χ3n) is 4.72. The quantitative estimate of drug-likeness (QED) is 0.380. The van der Waals surface area contributed by atoms with Crippen molar-refractivity contribution < 1.29 is 23.8 Å². The average Bonchev–Trinajstić information content (AvgIpc) is 3.49. The number of ether oxygens (including phenoxy) is 3. The van der Waals surface area contributed by atoms with Crippen molar-refractivity contribution in [1.82, 2.24) is 15.1 Å². The summed E-state index contributed by atoms with van der Waals surface area (Å²) in [5, 5.41) is 2.76. The van der Waals surface area contributed by atoms with Crippen molar-refractivity contribution in [2.45, 2.75) is 51.8 Å². The Labute approximate surface area is 156 Å². The highest BCUT2D eigenvalue weighted by Crippen LogP contribution is 2.14. The minimum Gasteiger partial charge on any atom is -0.462 e. The summed E-state index contributed by atoms with van der Waals surface area (Å²) in [5.74, 6) is -0.276. The molecule has 1 amide bonds. The molecule has 3 unspecified atom stereocenters. The number of rotatable bonds is 13. The van der Waals surface area contributed by atoms with Crippen LogP contribution in [0.4, 0.5) is 4.79 Å². The number of nitrogens with zero attached hydrogens (tertiary/aromatic N) is 2. The molecule has 3 atom stereocenters. The van der Waals surface area contributed by atoms with E-state index in [9.17, 15) is 9.59 Å². The fraction of sp³-hybridized carbons (Fsp3) is 0.889. The van der Waals surface area contributed by atoms with Gasteiger partial charge in [-0.2, -0.15) is 0 Å². The average molecular weight is 371 g/mol. The molecule has 0 radical (unpaired) electrons. The van der Waals surface area contributed by atoms with Crippen LogP contribution in [0.25, 0.3) is 0 Å². The van der Waals surface area contributed by atoms with Gasteiger partial charge in [0.15, 0.2) is 6.10 Å². The Bertz CT molecular complexity index is 454. The third-order valence-corrected chi connectivity index (χ3v) is 4.72. The van der Waals surface area contributed by atoms with Gasteiger partial charge in [-0.15, -0.1) is 0 Å².